The molecule has 0 saturated heterocycles. The van der Waals surface area contributed by atoms with Crippen LogP contribution < -0.4 is 5.32 Å². The third-order valence-electron chi connectivity index (χ3n) is 3.69. The first kappa shape index (κ1) is 15.7. The molecule has 16 heavy (non-hydrogen) atoms. The smallest absolute Gasteiger partial charge is 0.308 e. The van der Waals surface area contributed by atoms with Gasteiger partial charge in [0.05, 0.1) is 13.0 Å². The lowest BCUT2D eigenvalue weighted by Crippen LogP contribution is -2.36. The van der Waals surface area contributed by atoms with Gasteiger partial charge in [0.15, 0.2) is 0 Å². The number of carbonyl (C=O) groups is 1. The van der Waals surface area contributed by atoms with Gasteiger partial charge in [-0.2, -0.15) is 0 Å². The van der Waals surface area contributed by atoms with Crippen molar-refractivity contribution in [2.24, 2.45) is 11.8 Å². The van der Waals surface area contributed by atoms with Gasteiger partial charge in [-0.1, -0.05) is 6.92 Å². The summed E-state index contributed by atoms with van der Waals surface area (Å²) in [6.07, 6.45) is 5.47. The molecule has 0 aromatic carbocycles. The van der Waals surface area contributed by atoms with Crippen LogP contribution in [0.3, 0.4) is 0 Å². The number of methoxy groups -OCH3 is 1. The molecule has 0 aliphatic heterocycles. The first-order chi connectivity index (χ1) is 7.22. The molecule has 1 aliphatic carbocycles. The van der Waals surface area contributed by atoms with Crippen LogP contribution >= 0.6 is 12.4 Å². The first-order valence-electron chi connectivity index (χ1n) is 5.98. The molecule has 0 unspecified atom stereocenters. The highest BCUT2D eigenvalue weighted by Gasteiger charge is 2.29. The lowest BCUT2D eigenvalue weighted by Gasteiger charge is -2.32. The zero-order valence-electron chi connectivity index (χ0n) is 10.5. The van der Waals surface area contributed by atoms with E-state index in [0.29, 0.717) is 6.04 Å². The zero-order valence-corrected chi connectivity index (χ0v) is 11.3. The largest absolute Gasteiger partial charge is 0.469 e. The van der Waals surface area contributed by atoms with Gasteiger partial charge < -0.3 is 10.1 Å². The molecule has 0 spiro atoms. The Balaban J connectivity index is 0.00000225. The summed E-state index contributed by atoms with van der Waals surface area (Å²) in [5, 5.41) is 3.36. The van der Waals surface area contributed by atoms with Crippen molar-refractivity contribution in [2.75, 3.05) is 14.2 Å². The molecule has 0 bridgehead atoms. The highest BCUT2D eigenvalue weighted by molar-refractivity contribution is 5.85. The molecule has 1 N–H and O–H groups in total. The molecule has 0 amide bonds. The average molecular weight is 250 g/mol. The van der Waals surface area contributed by atoms with E-state index in [-0.39, 0.29) is 24.3 Å². The van der Waals surface area contributed by atoms with Crippen molar-refractivity contribution >= 4 is 18.4 Å². The minimum absolute atomic E-state index is 0. The average Bonchev–Trinajstić information content (AvgIpc) is 2.30. The van der Waals surface area contributed by atoms with Crippen LogP contribution in [-0.4, -0.2) is 26.2 Å². The van der Waals surface area contributed by atoms with E-state index >= 15 is 0 Å². The van der Waals surface area contributed by atoms with E-state index in [2.05, 4.69) is 12.2 Å². The van der Waals surface area contributed by atoms with E-state index in [9.17, 15) is 4.79 Å². The number of hydrogen-bond donors (Lipinski definition) is 1. The van der Waals surface area contributed by atoms with E-state index in [1.165, 1.54) is 13.5 Å². The Morgan fingerprint density at radius 2 is 1.94 bits per heavy atom. The van der Waals surface area contributed by atoms with E-state index in [0.717, 1.165) is 31.6 Å². The van der Waals surface area contributed by atoms with Crippen LogP contribution in [0.1, 0.15) is 39.0 Å². The monoisotopic (exact) mass is 249 g/mol. The predicted molar refractivity (Wildman–Crippen MR) is 67.9 cm³/mol. The SMILES string of the molecule is CC[C@@H](NC)C1CCC(C(=O)OC)CC1.Cl. The summed E-state index contributed by atoms with van der Waals surface area (Å²) in [6.45, 7) is 2.22. The van der Waals surface area contributed by atoms with E-state index in [1.54, 1.807) is 0 Å². The number of hydrogen-bond acceptors (Lipinski definition) is 3. The third kappa shape index (κ3) is 3.95. The second-order valence-electron chi connectivity index (χ2n) is 4.44. The second kappa shape index (κ2) is 7.91. The number of esters is 1. The lowest BCUT2D eigenvalue weighted by molar-refractivity contribution is -0.146. The summed E-state index contributed by atoms with van der Waals surface area (Å²) in [7, 11) is 3.51. The van der Waals surface area contributed by atoms with Crippen LogP contribution in [-0.2, 0) is 9.53 Å². The molecule has 1 saturated carbocycles. The Labute approximate surface area is 105 Å². The van der Waals surface area contributed by atoms with Gasteiger partial charge in [-0.15, -0.1) is 12.4 Å². The Hall–Kier alpha value is -0.280. The van der Waals surface area contributed by atoms with Gasteiger partial charge in [-0.3, -0.25) is 4.79 Å². The maximum Gasteiger partial charge on any atom is 0.308 e. The van der Waals surface area contributed by atoms with Crippen molar-refractivity contribution in [1.29, 1.82) is 0 Å². The van der Waals surface area contributed by atoms with Gasteiger partial charge in [-0.25, -0.2) is 0 Å². The highest BCUT2D eigenvalue weighted by atomic mass is 35.5. The van der Waals surface area contributed by atoms with Crippen molar-refractivity contribution in [3.8, 4) is 0 Å². The van der Waals surface area contributed by atoms with Crippen LogP contribution in [0, 0.1) is 11.8 Å². The van der Waals surface area contributed by atoms with Crippen molar-refractivity contribution in [3.63, 3.8) is 0 Å². The Morgan fingerprint density at radius 3 is 2.31 bits per heavy atom. The molecular formula is C12H24ClNO2. The summed E-state index contributed by atoms with van der Waals surface area (Å²) in [5.41, 5.74) is 0. The fraction of sp³-hybridized carbons (Fsp3) is 0.917. The molecule has 1 aliphatic rings. The maximum atomic E-state index is 11.3. The second-order valence-corrected chi connectivity index (χ2v) is 4.44. The van der Waals surface area contributed by atoms with E-state index in [1.807, 2.05) is 7.05 Å². The lowest BCUT2D eigenvalue weighted by atomic mass is 9.78. The van der Waals surface area contributed by atoms with Crippen molar-refractivity contribution in [1.82, 2.24) is 5.32 Å². The molecule has 0 radical (unpaired) electrons. The maximum absolute atomic E-state index is 11.3. The standard InChI is InChI=1S/C12H23NO2.ClH/c1-4-11(13-2)9-5-7-10(8-6-9)12(14)15-3;/h9-11,13H,4-8H2,1-3H3;1H/t9?,10?,11-;/m1./s1. The topological polar surface area (TPSA) is 38.3 Å². The van der Waals surface area contributed by atoms with Crippen LogP contribution in [0.15, 0.2) is 0 Å². The highest BCUT2D eigenvalue weighted by Crippen LogP contribution is 2.32. The fourth-order valence-corrected chi connectivity index (χ4v) is 2.70. The molecule has 4 heteroatoms. The molecule has 0 aromatic rings. The minimum Gasteiger partial charge on any atom is -0.469 e. The number of rotatable bonds is 4. The molecule has 0 heterocycles. The number of halogens is 1. The van der Waals surface area contributed by atoms with Crippen molar-refractivity contribution < 1.29 is 9.53 Å². The molecule has 0 aromatic heterocycles. The summed E-state index contributed by atoms with van der Waals surface area (Å²) >= 11 is 0. The van der Waals surface area contributed by atoms with Gasteiger partial charge in [0.1, 0.15) is 0 Å². The van der Waals surface area contributed by atoms with Gasteiger partial charge in [-0.05, 0) is 45.1 Å². The molecule has 1 fully saturated rings. The Morgan fingerprint density at radius 1 is 1.38 bits per heavy atom. The minimum atomic E-state index is -0.0223. The van der Waals surface area contributed by atoms with Crippen LogP contribution in [0.25, 0.3) is 0 Å². The molecule has 1 atom stereocenters. The van der Waals surface area contributed by atoms with Gasteiger partial charge in [0, 0.05) is 6.04 Å². The summed E-state index contributed by atoms with van der Waals surface area (Å²) < 4.78 is 4.78. The van der Waals surface area contributed by atoms with E-state index in [4.69, 9.17) is 4.74 Å². The summed E-state index contributed by atoms with van der Waals surface area (Å²) in [4.78, 5) is 11.3. The number of ether oxygens (including phenoxy) is 1. The zero-order chi connectivity index (χ0) is 11.3. The summed E-state index contributed by atoms with van der Waals surface area (Å²) in [6, 6.07) is 0.614. The third-order valence-corrected chi connectivity index (χ3v) is 3.69. The van der Waals surface area contributed by atoms with Crippen molar-refractivity contribution in [2.45, 2.75) is 45.1 Å². The van der Waals surface area contributed by atoms with Crippen LogP contribution in [0.4, 0.5) is 0 Å². The summed E-state index contributed by atoms with van der Waals surface area (Å²) in [5.74, 6) is 0.868. The van der Waals surface area contributed by atoms with Crippen LogP contribution in [0.5, 0.6) is 0 Å². The molecule has 1 rings (SSSR count). The van der Waals surface area contributed by atoms with Crippen LogP contribution in [0.2, 0.25) is 0 Å². The molecular weight excluding hydrogens is 226 g/mol. The first-order valence-corrected chi connectivity index (χ1v) is 5.98. The number of carbonyl (C=O) groups excluding carboxylic acids is 1. The predicted octanol–water partition coefficient (Wildman–Crippen LogP) is 2.39. The fourth-order valence-electron chi connectivity index (χ4n) is 2.70. The van der Waals surface area contributed by atoms with E-state index < -0.39 is 0 Å². The van der Waals surface area contributed by atoms with Gasteiger partial charge in [0.2, 0.25) is 0 Å². The number of nitrogens with one attached hydrogen (secondary N) is 1. The normalized spacial score (nSPS) is 26.7. The Kier molecular flexibility index (Phi) is 7.77. The van der Waals surface area contributed by atoms with Gasteiger partial charge >= 0.3 is 5.97 Å². The molecule has 3 nitrogen and oxygen atoms in total. The van der Waals surface area contributed by atoms with Crippen molar-refractivity contribution in [3.05, 3.63) is 0 Å². The molecule has 96 valence electrons. The quantitative estimate of drug-likeness (QED) is 0.778. The Bertz CT molecular complexity index is 199. The van der Waals surface area contributed by atoms with Gasteiger partial charge in [0.25, 0.3) is 0 Å².